The summed E-state index contributed by atoms with van der Waals surface area (Å²) in [5.74, 6) is 0.310. The number of hydrogen-bond donors (Lipinski definition) is 1. The molecule has 3 aromatic rings. The van der Waals surface area contributed by atoms with Gasteiger partial charge < -0.3 is 4.57 Å². The molecule has 108 valence electrons. The lowest BCUT2D eigenvalue weighted by atomic mass is 10.1. The molecule has 0 amide bonds. The lowest BCUT2D eigenvalue weighted by molar-refractivity contribution is 0.523. The summed E-state index contributed by atoms with van der Waals surface area (Å²) in [5.41, 5.74) is 3.43. The summed E-state index contributed by atoms with van der Waals surface area (Å²) in [6.45, 7) is 5.26. The van der Waals surface area contributed by atoms with Crippen LogP contribution in [0.4, 0.5) is 4.39 Å². The average Bonchev–Trinajstić information content (AvgIpc) is 3.07. The van der Waals surface area contributed by atoms with E-state index in [1.54, 1.807) is 12.1 Å². The van der Waals surface area contributed by atoms with Crippen LogP contribution in [0, 0.1) is 11.7 Å². The predicted octanol–water partition coefficient (Wildman–Crippen LogP) is 3.74. The molecule has 0 atom stereocenters. The first-order chi connectivity index (χ1) is 10.1. The van der Waals surface area contributed by atoms with Gasteiger partial charge in [0.25, 0.3) is 0 Å². The van der Waals surface area contributed by atoms with Gasteiger partial charge in [-0.05, 0) is 30.2 Å². The quantitative estimate of drug-likeness (QED) is 0.793. The number of rotatable bonds is 4. The smallest absolute Gasteiger partial charge is 0.123 e. The fourth-order valence-corrected chi connectivity index (χ4v) is 2.33. The highest BCUT2D eigenvalue weighted by Gasteiger charge is 2.13. The van der Waals surface area contributed by atoms with Gasteiger partial charge in [-0.15, -0.1) is 0 Å². The highest BCUT2D eigenvalue weighted by atomic mass is 19.1. The number of benzene rings is 1. The molecule has 2 aromatic heterocycles. The second-order valence-corrected chi connectivity index (χ2v) is 5.50. The Hall–Kier alpha value is -2.43. The van der Waals surface area contributed by atoms with Gasteiger partial charge in [-0.2, -0.15) is 5.10 Å². The maximum Gasteiger partial charge on any atom is 0.123 e. The van der Waals surface area contributed by atoms with E-state index in [9.17, 15) is 4.39 Å². The number of imidazole rings is 1. The Morgan fingerprint density at radius 3 is 2.71 bits per heavy atom. The van der Waals surface area contributed by atoms with Gasteiger partial charge in [-0.25, -0.2) is 9.37 Å². The molecular weight excluding hydrogens is 267 g/mol. The molecule has 0 saturated carbocycles. The third-order valence-electron chi connectivity index (χ3n) is 3.24. The molecule has 21 heavy (non-hydrogen) atoms. The molecule has 3 rings (SSSR count). The first-order valence-corrected chi connectivity index (χ1v) is 6.95. The van der Waals surface area contributed by atoms with Crippen molar-refractivity contribution < 1.29 is 4.39 Å². The Balaban J connectivity index is 1.95. The molecule has 1 N–H and O–H groups in total. The van der Waals surface area contributed by atoms with E-state index in [1.807, 2.05) is 18.7 Å². The number of aromatic amines is 1. The topological polar surface area (TPSA) is 46.5 Å². The van der Waals surface area contributed by atoms with Gasteiger partial charge in [-0.1, -0.05) is 13.8 Å². The van der Waals surface area contributed by atoms with Crippen molar-refractivity contribution in [2.45, 2.75) is 20.4 Å². The Bertz CT molecular complexity index is 725. The molecule has 1 aromatic carbocycles. The zero-order valence-corrected chi connectivity index (χ0v) is 12.0. The highest BCUT2D eigenvalue weighted by molar-refractivity contribution is 5.78. The van der Waals surface area contributed by atoms with Gasteiger partial charge in [0.2, 0.25) is 0 Å². The molecule has 0 aliphatic heterocycles. The van der Waals surface area contributed by atoms with Gasteiger partial charge >= 0.3 is 0 Å². The molecule has 0 radical (unpaired) electrons. The third-order valence-corrected chi connectivity index (χ3v) is 3.24. The molecule has 5 heteroatoms. The number of H-pyrrole nitrogens is 1. The Kier molecular flexibility index (Phi) is 3.56. The monoisotopic (exact) mass is 284 g/mol. The number of halogens is 1. The van der Waals surface area contributed by atoms with E-state index in [1.165, 1.54) is 12.1 Å². The van der Waals surface area contributed by atoms with E-state index in [0.717, 1.165) is 29.1 Å². The van der Waals surface area contributed by atoms with Gasteiger partial charge in [0.15, 0.2) is 0 Å². The van der Waals surface area contributed by atoms with Crippen LogP contribution >= 0.6 is 0 Å². The maximum atomic E-state index is 13.0. The van der Waals surface area contributed by atoms with E-state index < -0.39 is 0 Å². The van der Waals surface area contributed by atoms with Crippen LogP contribution in [0.25, 0.3) is 22.5 Å². The molecule has 4 nitrogen and oxygen atoms in total. The second-order valence-electron chi connectivity index (χ2n) is 5.50. The molecular formula is C16H17FN4. The van der Waals surface area contributed by atoms with E-state index >= 15 is 0 Å². The summed E-state index contributed by atoms with van der Waals surface area (Å²) in [7, 11) is 0. The molecule has 0 saturated heterocycles. The summed E-state index contributed by atoms with van der Waals surface area (Å²) in [6.07, 6.45) is 5.66. The van der Waals surface area contributed by atoms with Crippen LogP contribution in [-0.4, -0.2) is 19.7 Å². The van der Waals surface area contributed by atoms with E-state index in [-0.39, 0.29) is 5.82 Å². The maximum absolute atomic E-state index is 13.0. The van der Waals surface area contributed by atoms with Crippen LogP contribution in [0.2, 0.25) is 0 Å². The minimum absolute atomic E-state index is 0.253. The predicted molar refractivity (Wildman–Crippen MR) is 80.0 cm³/mol. The van der Waals surface area contributed by atoms with Crippen LogP contribution in [0.5, 0.6) is 0 Å². The zero-order chi connectivity index (χ0) is 14.8. The summed E-state index contributed by atoms with van der Waals surface area (Å²) in [5, 5.41) is 7.13. The molecule has 0 fully saturated rings. The SMILES string of the molecule is CC(C)Cn1cnc(-c2c[nH]nc2-c2ccc(F)cc2)c1. The fourth-order valence-electron chi connectivity index (χ4n) is 2.33. The number of aromatic nitrogens is 4. The van der Waals surface area contributed by atoms with Crippen LogP contribution in [0.1, 0.15) is 13.8 Å². The number of hydrogen-bond acceptors (Lipinski definition) is 2. The molecule has 0 spiro atoms. The van der Waals surface area contributed by atoms with Gasteiger partial charge in [-0.3, -0.25) is 5.10 Å². The van der Waals surface area contributed by atoms with Crippen LogP contribution < -0.4 is 0 Å². The third kappa shape index (κ3) is 2.86. The Labute approximate surface area is 122 Å². The first-order valence-electron chi connectivity index (χ1n) is 6.95. The van der Waals surface area contributed by atoms with Crippen molar-refractivity contribution in [1.82, 2.24) is 19.7 Å². The van der Waals surface area contributed by atoms with Gasteiger partial charge in [0.05, 0.1) is 12.0 Å². The van der Waals surface area contributed by atoms with Crippen LogP contribution in [0.3, 0.4) is 0 Å². The standard InChI is InChI=1S/C16H17FN4/c1-11(2)8-21-9-15(18-10-21)14-7-19-20-16(14)12-3-5-13(17)6-4-12/h3-7,9-11H,8H2,1-2H3,(H,19,20). The fraction of sp³-hybridized carbons (Fsp3) is 0.250. The molecule has 2 heterocycles. The van der Waals surface area contributed by atoms with Gasteiger partial charge in [0.1, 0.15) is 11.5 Å². The van der Waals surface area contributed by atoms with E-state index in [4.69, 9.17) is 0 Å². The largest absolute Gasteiger partial charge is 0.337 e. The van der Waals surface area contributed by atoms with Crippen molar-refractivity contribution in [1.29, 1.82) is 0 Å². The first kappa shape index (κ1) is 13.5. The molecule has 0 unspecified atom stereocenters. The van der Waals surface area contributed by atoms with Crippen LogP contribution in [0.15, 0.2) is 43.0 Å². The minimum Gasteiger partial charge on any atom is -0.337 e. The van der Waals surface area contributed by atoms with Crippen molar-refractivity contribution in [3.63, 3.8) is 0 Å². The summed E-state index contributed by atoms with van der Waals surface area (Å²) in [6, 6.07) is 6.32. The van der Waals surface area contributed by atoms with Crippen molar-refractivity contribution in [3.05, 3.63) is 48.8 Å². The number of nitrogens with zero attached hydrogens (tertiary/aromatic N) is 3. The molecule has 0 aliphatic rings. The van der Waals surface area contributed by atoms with Crippen LogP contribution in [-0.2, 0) is 6.54 Å². The average molecular weight is 284 g/mol. The van der Waals surface area contributed by atoms with E-state index in [0.29, 0.717) is 5.92 Å². The summed E-state index contributed by atoms with van der Waals surface area (Å²) in [4.78, 5) is 4.44. The summed E-state index contributed by atoms with van der Waals surface area (Å²) < 4.78 is 15.1. The molecule has 0 bridgehead atoms. The lowest BCUT2D eigenvalue weighted by Gasteiger charge is -2.04. The normalized spacial score (nSPS) is 11.2. The number of nitrogens with one attached hydrogen (secondary N) is 1. The Morgan fingerprint density at radius 2 is 2.00 bits per heavy atom. The Morgan fingerprint density at radius 1 is 1.24 bits per heavy atom. The lowest BCUT2D eigenvalue weighted by Crippen LogP contribution is -2.00. The highest BCUT2D eigenvalue weighted by Crippen LogP contribution is 2.29. The zero-order valence-electron chi connectivity index (χ0n) is 12.0. The van der Waals surface area contributed by atoms with Crippen molar-refractivity contribution in [2.75, 3.05) is 0 Å². The summed E-state index contributed by atoms with van der Waals surface area (Å²) >= 11 is 0. The van der Waals surface area contributed by atoms with Gasteiger partial charge in [0, 0.05) is 30.1 Å². The minimum atomic E-state index is -0.253. The second kappa shape index (κ2) is 5.52. The van der Waals surface area contributed by atoms with Crippen molar-refractivity contribution >= 4 is 0 Å². The molecule has 0 aliphatic carbocycles. The van der Waals surface area contributed by atoms with Crippen molar-refractivity contribution in [2.24, 2.45) is 5.92 Å². The van der Waals surface area contributed by atoms with Crippen molar-refractivity contribution in [3.8, 4) is 22.5 Å². The van der Waals surface area contributed by atoms with E-state index in [2.05, 4.69) is 33.6 Å².